The fourth-order valence-corrected chi connectivity index (χ4v) is 0.837. The van der Waals surface area contributed by atoms with E-state index in [0.717, 1.165) is 0 Å². The molecule has 0 aliphatic rings. The lowest BCUT2D eigenvalue weighted by Crippen LogP contribution is -1.98. The van der Waals surface area contributed by atoms with E-state index in [1.54, 1.807) is 18.2 Å². The Kier molecular flexibility index (Phi) is 2.69. The Bertz CT molecular complexity index is 336. The first-order chi connectivity index (χ1) is 5.76. The first-order valence-corrected chi connectivity index (χ1v) is 3.58. The van der Waals surface area contributed by atoms with E-state index in [4.69, 9.17) is 9.15 Å². The van der Waals surface area contributed by atoms with Crippen molar-refractivity contribution in [2.45, 2.75) is 6.92 Å². The van der Waals surface area contributed by atoms with E-state index in [2.05, 4.69) is 0 Å². The number of allylic oxidation sites excluding steroid dienone is 1. The largest absolute Gasteiger partial charge is 0.496 e. The lowest BCUT2D eigenvalue weighted by Gasteiger charge is -1.97. The molecule has 0 atom stereocenters. The van der Waals surface area contributed by atoms with Gasteiger partial charge in [-0.3, -0.25) is 0 Å². The summed E-state index contributed by atoms with van der Waals surface area (Å²) in [6.07, 6.45) is 3.49. The predicted molar refractivity (Wildman–Crippen MR) is 46.2 cm³/mol. The normalized spacial score (nSPS) is 10.5. The summed E-state index contributed by atoms with van der Waals surface area (Å²) in [7, 11) is 1.51. The predicted octanol–water partition coefficient (Wildman–Crippen LogP) is 1.68. The molecule has 1 heterocycles. The van der Waals surface area contributed by atoms with Gasteiger partial charge in [0.2, 0.25) is 0 Å². The quantitative estimate of drug-likeness (QED) is 0.671. The molecular weight excluding hydrogens is 156 g/mol. The second kappa shape index (κ2) is 3.76. The minimum Gasteiger partial charge on any atom is -0.496 e. The van der Waals surface area contributed by atoms with Crippen molar-refractivity contribution >= 4 is 6.08 Å². The van der Waals surface area contributed by atoms with Crippen LogP contribution in [0.4, 0.5) is 0 Å². The molecule has 0 saturated carbocycles. The van der Waals surface area contributed by atoms with Gasteiger partial charge in [0.15, 0.2) is 0 Å². The van der Waals surface area contributed by atoms with E-state index < -0.39 is 5.63 Å². The van der Waals surface area contributed by atoms with Gasteiger partial charge in [-0.15, -0.1) is 0 Å². The third kappa shape index (κ3) is 1.99. The lowest BCUT2D eigenvalue weighted by molar-refractivity contribution is 0.400. The first-order valence-electron chi connectivity index (χ1n) is 3.58. The SMILES string of the molecule is CC=Cc1cc(OC)cc(=O)o1. The van der Waals surface area contributed by atoms with Gasteiger partial charge >= 0.3 is 5.63 Å². The molecule has 0 unspecified atom stereocenters. The smallest absolute Gasteiger partial charge is 0.339 e. The van der Waals surface area contributed by atoms with Crippen molar-refractivity contribution in [3.05, 3.63) is 34.4 Å². The van der Waals surface area contributed by atoms with E-state index in [1.807, 2.05) is 6.92 Å². The number of ether oxygens (including phenoxy) is 1. The van der Waals surface area contributed by atoms with Crippen LogP contribution in [-0.2, 0) is 0 Å². The summed E-state index contributed by atoms with van der Waals surface area (Å²) >= 11 is 0. The van der Waals surface area contributed by atoms with Gasteiger partial charge in [0.1, 0.15) is 11.5 Å². The van der Waals surface area contributed by atoms with Gasteiger partial charge in [0, 0.05) is 6.07 Å². The van der Waals surface area contributed by atoms with Gasteiger partial charge in [-0.1, -0.05) is 6.08 Å². The van der Waals surface area contributed by atoms with E-state index in [1.165, 1.54) is 13.2 Å². The molecule has 1 aromatic heterocycles. The highest BCUT2D eigenvalue weighted by Crippen LogP contribution is 2.10. The average Bonchev–Trinajstić information content (AvgIpc) is 2.04. The van der Waals surface area contributed by atoms with Crippen molar-refractivity contribution < 1.29 is 9.15 Å². The van der Waals surface area contributed by atoms with Crippen LogP contribution in [0.15, 0.2) is 27.4 Å². The molecule has 0 aliphatic carbocycles. The zero-order valence-corrected chi connectivity index (χ0v) is 7.03. The Morgan fingerprint density at radius 1 is 1.50 bits per heavy atom. The molecule has 0 amide bonds. The van der Waals surface area contributed by atoms with E-state index >= 15 is 0 Å². The minimum absolute atomic E-state index is 0.401. The topological polar surface area (TPSA) is 39.4 Å². The van der Waals surface area contributed by atoms with Crippen LogP contribution in [0.3, 0.4) is 0 Å². The highest BCUT2D eigenvalue weighted by atomic mass is 16.5. The zero-order chi connectivity index (χ0) is 8.97. The molecule has 3 nitrogen and oxygen atoms in total. The van der Waals surface area contributed by atoms with Gasteiger partial charge in [0.05, 0.1) is 13.2 Å². The summed E-state index contributed by atoms with van der Waals surface area (Å²) in [6.45, 7) is 1.85. The molecule has 0 spiro atoms. The van der Waals surface area contributed by atoms with Crippen LogP contribution >= 0.6 is 0 Å². The van der Waals surface area contributed by atoms with Crippen molar-refractivity contribution in [1.29, 1.82) is 0 Å². The second-order valence-electron chi connectivity index (χ2n) is 2.22. The van der Waals surface area contributed by atoms with Crippen LogP contribution in [-0.4, -0.2) is 7.11 Å². The van der Waals surface area contributed by atoms with Crippen molar-refractivity contribution in [3.8, 4) is 5.75 Å². The summed E-state index contributed by atoms with van der Waals surface area (Å²) in [4.78, 5) is 10.9. The molecule has 3 heteroatoms. The molecule has 0 saturated heterocycles. The van der Waals surface area contributed by atoms with Crippen molar-refractivity contribution in [1.82, 2.24) is 0 Å². The van der Waals surface area contributed by atoms with Crippen LogP contribution in [0.25, 0.3) is 6.08 Å². The molecule has 12 heavy (non-hydrogen) atoms. The first kappa shape index (κ1) is 8.59. The summed E-state index contributed by atoms with van der Waals surface area (Å²) in [5, 5.41) is 0. The van der Waals surface area contributed by atoms with Crippen LogP contribution in [0.2, 0.25) is 0 Å². The number of rotatable bonds is 2. The molecular formula is C9H10O3. The molecule has 0 bridgehead atoms. The standard InChI is InChI=1S/C9H10O3/c1-3-4-7-5-8(11-2)6-9(10)12-7/h3-6H,1-2H3. The molecule has 1 rings (SSSR count). The van der Waals surface area contributed by atoms with Crippen molar-refractivity contribution in [3.63, 3.8) is 0 Å². The third-order valence-corrected chi connectivity index (χ3v) is 1.33. The van der Waals surface area contributed by atoms with Crippen molar-refractivity contribution in [2.75, 3.05) is 7.11 Å². The maximum absolute atomic E-state index is 10.9. The van der Waals surface area contributed by atoms with E-state index in [0.29, 0.717) is 11.5 Å². The Morgan fingerprint density at radius 3 is 2.83 bits per heavy atom. The van der Waals surface area contributed by atoms with Crippen LogP contribution in [0.1, 0.15) is 12.7 Å². The summed E-state index contributed by atoms with van der Waals surface area (Å²) in [6, 6.07) is 2.95. The van der Waals surface area contributed by atoms with Gasteiger partial charge < -0.3 is 9.15 Å². The van der Waals surface area contributed by atoms with Crippen LogP contribution in [0, 0.1) is 0 Å². The molecule has 64 valence electrons. The number of hydrogen-bond donors (Lipinski definition) is 0. The monoisotopic (exact) mass is 166 g/mol. The van der Waals surface area contributed by atoms with Crippen LogP contribution < -0.4 is 10.4 Å². The van der Waals surface area contributed by atoms with Gasteiger partial charge in [-0.05, 0) is 13.0 Å². The van der Waals surface area contributed by atoms with Crippen molar-refractivity contribution in [2.24, 2.45) is 0 Å². The maximum Gasteiger partial charge on any atom is 0.339 e. The van der Waals surface area contributed by atoms with Gasteiger partial charge in [-0.2, -0.15) is 0 Å². The van der Waals surface area contributed by atoms with Crippen LogP contribution in [0.5, 0.6) is 5.75 Å². The lowest BCUT2D eigenvalue weighted by atomic mass is 10.3. The Morgan fingerprint density at radius 2 is 2.25 bits per heavy atom. The average molecular weight is 166 g/mol. The number of hydrogen-bond acceptors (Lipinski definition) is 3. The van der Waals surface area contributed by atoms with Gasteiger partial charge in [0.25, 0.3) is 0 Å². The second-order valence-corrected chi connectivity index (χ2v) is 2.22. The molecule has 0 aliphatic heterocycles. The fraction of sp³-hybridized carbons (Fsp3) is 0.222. The highest BCUT2D eigenvalue weighted by Gasteiger charge is 1.97. The highest BCUT2D eigenvalue weighted by molar-refractivity contribution is 5.44. The molecule has 0 N–H and O–H groups in total. The molecule has 0 radical (unpaired) electrons. The molecule has 0 fully saturated rings. The molecule has 0 aromatic carbocycles. The fourth-order valence-electron chi connectivity index (χ4n) is 0.837. The zero-order valence-electron chi connectivity index (χ0n) is 7.03. The third-order valence-electron chi connectivity index (χ3n) is 1.33. The van der Waals surface area contributed by atoms with E-state index in [9.17, 15) is 4.79 Å². The molecule has 1 aromatic rings. The minimum atomic E-state index is -0.401. The maximum atomic E-state index is 10.9. The summed E-state index contributed by atoms with van der Waals surface area (Å²) < 4.78 is 9.73. The summed E-state index contributed by atoms with van der Waals surface area (Å²) in [5.74, 6) is 1.02. The Hall–Kier alpha value is -1.51. The Labute approximate surface area is 70.3 Å². The summed E-state index contributed by atoms with van der Waals surface area (Å²) in [5.41, 5.74) is -0.401. The van der Waals surface area contributed by atoms with E-state index in [-0.39, 0.29) is 0 Å². The Balaban J connectivity index is 3.15. The van der Waals surface area contributed by atoms with Gasteiger partial charge in [-0.25, -0.2) is 4.79 Å². The number of methoxy groups -OCH3 is 1.